The number of carbonyl (C=O) groups is 1. The monoisotopic (exact) mass is 395 g/mol. The average molecular weight is 396 g/mol. The molecule has 1 amide bonds. The minimum atomic E-state index is -3.51. The first-order valence-corrected chi connectivity index (χ1v) is 11.5. The quantitative estimate of drug-likeness (QED) is 0.761. The van der Waals surface area contributed by atoms with E-state index in [4.69, 9.17) is 4.74 Å². The van der Waals surface area contributed by atoms with E-state index < -0.39 is 10.0 Å². The van der Waals surface area contributed by atoms with Gasteiger partial charge >= 0.3 is 0 Å². The Kier molecular flexibility index (Phi) is 6.59. The van der Waals surface area contributed by atoms with Crippen molar-refractivity contribution < 1.29 is 17.9 Å². The first-order valence-electron chi connectivity index (χ1n) is 9.64. The molecule has 3 rings (SSSR count). The molecule has 1 aliphatic carbocycles. The van der Waals surface area contributed by atoms with Crippen LogP contribution in [0.4, 0.5) is 11.4 Å². The third-order valence-corrected chi connectivity index (χ3v) is 6.34. The summed E-state index contributed by atoms with van der Waals surface area (Å²) >= 11 is 0. The highest BCUT2D eigenvalue weighted by molar-refractivity contribution is 7.92. The number of morpholine rings is 1. The highest BCUT2D eigenvalue weighted by Gasteiger charge is 2.25. The number of rotatable bonds is 7. The van der Waals surface area contributed by atoms with Crippen LogP contribution < -0.4 is 14.5 Å². The molecule has 0 unspecified atom stereocenters. The van der Waals surface area contributed by atoms with Crippen LogP contribution >= 0.6 is 0 Å². The van der Waals surface area contributed by atoms with Crippen LogP contribution in [0.2, 0.25) is 0 Å². The van der Waals surface area contributed by atoms with Crippen molar-refractivity contribution >= 4 is 27.3 Å². The maximum atomic E-state index is 12.5. The Morgan fingerprint density at radius 3 is 2.56 bits per heavy atom. The van der Waals surface area contributed by atoms with Crippen LogP contribution in [0.15, 0.2) is 24.3 Å². The highest BCUT2D eigenvalue weighted by atomic mass is 32.2. The van der Waals surface area contributed by atoms with Crippen LogP contribution in [0.25, 0.3) is 0 Å². The van der Waals surface area contributed by atoms with Crippen molar-refractivity contribution in [3.63, 3.8) is 0 Å². The molecule has 8 heteroatoms. The molecule has 1 saturated heterocycles. The molecule has 1 saturated carbocycles. The van der Waals surface area contributed by atoms with Crippen LogP contribution in [-0.2, 0) is 19.6 Å². The van der Waals surface area contributed by atoms with Crippen LogP contribution in [-0.4, -0.2) is 59.5 Å². The zero-order valence-electron chi connectivity index (χ0n) is 15.9. The molecule has 1 N–H and O–H groups in total. The van der Waals surface area contributed by atoms with E-state index >= 15 is 0 Å². The van der Waals surface area contributed by atoms with Crippen molar-refractivity contribution in [2.24, 2.45) is 0 Å². The Bertz CT molecular complexity index is 741. The molecule has 0 atom stereocenters. The largest absolute Gasteiger partial charge is 0.378 e. The van der Waals surface area contributed by atoms with Crippen molar-refractivity contribution in [2.45, 2.75) is 38.1 Å². The molecule has 150 valence electrons. The summed E-state index contributed by atoms with van der Waals surface area (Å²) in [4.78, 5) is 14.4. The van der Waals surface area contributed by atoms with Gasteiger partial charge in [0.2, 0.25) is 15.9 Å². The van der Waals surface area contributed by atoms with E-state index in [0.29, 0.717) is 18.9 Å². The van der Waals surface area contributed by atoms with E-state index in [1.54, 1.807) is 6.07 Å². The third kappa shape index (κ3) is 5.35. The fraction of sp³-hybridized carbons (Fsp3) is 0.632. The van der Waals surface area contributed by atoms with Crippen LogP contribution in [0.3, 0.4) is 0 Å². The van der Waals surface area contributed by atoms with Gasteiger partial charge in [-0.05, 0) is 25.0 Å². The van der Waals surface area contributed by atoms with Crippen LogP contribution in [0, 0.1) is 0 Å². The van der Waals surface area contributed by atoms with Gasteiger partial charge in [-0.15, -0.1) is 0 Å². The van der Waals surface area contributed by atoms with Gasteiger partial charge in [-0.2, -0.15) is 0 Å². The summed E-state index contributed by atoms with van der Waals surface area (Å²) < 4.78 is 31.7. The molecule has 2 fully saturated rings. The van der Waals surface area contributed by atoms with Gasteiger partial charge in [-0.1, -0.05) is 25.0 Å². The lowest BCUT2D eigenvalue weighted by molar-refractivity contribution is -0.121. The van der Waals surface area contributed by atoms with Crippen molar-refractivity contribution in [1.82, 2.24) is 5.32 Å². The van der Waals surface area contributed by atoms with Gasteiger partial charge in [-0.3, -0.25) is 9.10 Å². The fourth-order valence-electron chi connectivity index (χ4n) is 3.78. The molecule has 1 aromatic rings. The second-order valence-electron chi connectivity index (χ2n) is 7.22. The molecule has 1 aliphatic heterocycles. The number of para-hydroxylation sites is 2. The van der Waals surface area contributed by atoms with Crippen molar-refractivity contribution in [3.8, 4) is 0 Å². The minimum absolute atomic E-state index is 0.0839. The Balaban J connectivity index is 1.74. The number of anilines is 2. The third-order valence-electron chi connectivity index (χ3n) is 5.16. The highest BCUT2D eigenvalue weighted by Crippen LogP contribution is 2.31. The van der Waals surface area contributed by atoms with E-state index in [1.807, 2.05) is 18.2 Å². The SMILES string of the molecule is CS(=O)(=O)N(CCC(=O)NC1CCCC1)c1ccccc1N1CCOCC1. The molecule has 1 heterocycles. The van der Waals surface area contributed by atoms with Crippen molar-refractivity contribution in [2.75, 3.05) is 48.3 Å². The van der Waals surface area contributed by atoms with Gasteiger partial charge in [0, 0.05) is 32.1 Å². The van der Waals surface area contributed by atoms with E-state index in [0.717, 1.165) is 44.5 Å². The normalized spacial score (nSPS) is 18.5. The fourth-order valence-corrected chi connectivity index (χ4v) is 4.72. The summed E-state index contributed by atoms with van der Waals surface area (Å²) in [7, 11) is -3.51. The summed E-state index contributed by atoms with van der Waals surface area (Å²) in [5.74, 6) is -0.0839. The number of benzene rings is 1. The second-order valence-corrected chi connectivity index (χ2v) is 9.13. The minimum Gasteiger partial charge on any atom is -0.378 e. The van der Waals surface area contributed by atoms with E-state index in [1.165, 1.54) is 10.6 Å². The predicted molar refractivity (Wildman–Crippen MR) is 107 cm³/mol. The Morgan fingerprint density at radius 1 is 1.22 bits per heavy atom. The van der Waals surface area contributed by atoms with Crippen LogP contribution in [0.1, 0.15) is 32.1 Å². The van der Waals surface area contributed by atoms with Gasteiger partial charge in [-0.25, -0.2) is 8.42 Å². The van der Waals surface area contributed by atoms with Gasteiger partial charge < -0.3 is 15.0 Å². The number of nitrogens with zero attached hydrogens (tertiary/aromatic N) is 2. The van der Waals surface area contributed by atoms with E-state index in [2.05, 4.69) is 10.2 Å². The Morgan fingerprint density at radius 2 is 1.89 bits per heavy atom. The molecular formula is C19H29N3O4S. The summed E-state index contributed by atoms with van der Waals surface area (Å²) in [6, 6.07) is 7.71. The summed E-state index contributed by atoms with van der Waals surface area (Å²) in [5.41, 5.74) is 1.48. The zero-order chi connectivity index (χ0) is 19.3. The molecule has 7 nitrogen and oxygen atoms in total. The maximum Gasteiger partial charge on any atom is 0.232 e. The number of hydrogen-bond donors (Lipinski definition) is 1. The lowest BCUT2D eigenvalue weighted by atomic mass is 10.2. The molecule has 2 aliphatic rings. The molecular weight excluding hydrogens is 366 g/mol. The summed E-state index contributed by atoms with van der Waals surface area (Å²) in [5, 5.41) is 3.03. The van der Waals surface area contributed by atoms with E-state index in [9.17, 15) is 13.2 Å². The number of nitrogens with one attached hydrogen (secondary N) is 1. The number of hydrogen-bond acceptors (Lipinski definition) is 5. The Labute approximate surface area is 161 Å². The molecule has 0 spiro atoms. The molecule has 0 aromatic heterocycles. The first-order chi connectivity index (χ1) is 12.9. The first kappa shape index (κ1) is 19.9. The lowest BCUT2D eigenvalue weighted by Gasteiger charge is -2.33. The molecule has 0 bridgehead atoms. The molecule has 27 heavy (non-hydrogen) atoms. The van der Waals surface area contributed by atoms with Gasteiger partial charge in [0.1, 0.15) is 0 Å². The zero-order valence-corrected chi connectivity index (χ0v) is 16.7. The Hall–Kier alpha value is -1.80. The predicted octanol–water partition coefficient (Wildman–Crippen LogP) is 1.74. The van der Waals surface area contributed by atoms with Gasteiger partial charge in [0.25, 0.3) is 0 Å². The summed E-state index contributed by atoms with van der Waals surface area (Å²) in [6.45, 7) is 2.82. The molecule has 1 aromatic carbocycles. The maximum absolute atomic E-state index is 12.5. The lowest BCUT2D eigenvalue weighted by Crippen LogP contribution is -2.40. The average Bonchev–Trinajstić information content (AvgIpc) is 3.15. The number of ether oxygens (including phenoxy) is 1. The smallest absolute Gasteiger partial charge is 0.232 e. The molecule has 0 radical (unpaired) electrons. The van der Waals surface area contributed by atoms with E-state index in [-0.39, 0.29) is 24.9 Å². The topological polar surface area (TPSA) is 79.0 Å². The summed E-state index contributed by atoms with van der Waals surface area (Å²) in [6.07, 6.45) is 5.67. The number of amides is 1. The standard InChI is InChI=1S/C19H29N3O4S/c1-27(24,25)22(11-10-19(23)20-16-6-2-3-7-16)18-9-5-4-8-17(18)21-12-14-26-15-13-21/h4-5,8-9,16H,2-3,6-7,10-15H2,1H3,(H,20,23). The van der Waals surface area contributed by atoms with Gasteiger partial charge in [0.15, 0.2) is 0 Å². The van der Waals surface area contributed by atoms with Gasteiger partial charge in [0.05, 0.1) is 30.8 Å². The number of carbonyl (C=O) groups excluding carboxylic acids is 1. The van der Waals surface area contributed by atoms with Crippen molar-refractivity contribution in [3.05, 3.63) is 24.3 Å². The van der Waals surface area contributed by atoms with Crippen molar-refractivity contribution in [1.29, 1.82) is 0 Å². The second kappa shape index (κ2) is 8.93. The number of sulfonamides is 1. The van der Waals surface area contributed by atoms with Crippen LogP contribution in [0.5, 0.6) is 0 Å².